The summed E-state index contributed by atoms with van der Waals surface area (Å²) in [5, 5.41) is 5.94. The van der Waals surface area contributed by atoms with Gasteiger partial charge in [0.15, 0.2) is 0 Å². The molecule has 0 radical (unpaired) electrons. The topological polar surface area (TPSA) is 51.2 Å². The van der Waals surface area contributed by atoms with Crippen molar-refractivity contribution in [3.8, 4) is 5.75 Å². The molecule has 138 valence electrons. The lowest BCUT2D eigenvalue weighted by Crippen LogP contribution is -2.23. The number of hydrogen-bond acceptors (Lipinski definition) is 4. The number of nitrogens with zero attached hydrogens (tertiary/aromatic N) is 1. The highest BCUT2D eigenvalue weighted by atomic mass is 32.1. The smallest absolute Gasteiger partial charge is 0.244 e. The number of ether oxygens (including phenoxy) is 1. The van der Waals surface area contributed by atoms with E-state index in [0.29, 0.717) is 13.2 Å². The van der Waals surface area contributed by atoms with Crippen LogP contribution in [0.5, 0.6) is 5.75 Å². The van der Waals surface area contributed by atoms with Crippen LogP contribution in [0.15, 0.2) is 66.1 Å². The summed E-state index contributed by atoms with van der Waals surface area (Å²) in [6, 6.07) is 17.7. The molecule has 4 nitrogen and oxygen atoms in total. The minimum Gasteiger partial charge on any atom is -0.487 e. The Hall–Kier alpha value is -2.92. The first-order valence-electron chi connectivity index (χ1n) is 8.83. The van der Waals surface area contributed by atoms with Gasteiger partial charge >= 0.3 is 0 Å². The Morgan fingerprint density at radius 1 is 1.15 bits per heavy atom. The Bertz CT molecular complexity index is 886. The van der Waals surface area contributed by atoms with Crippen LogP contribution in [0.3, 0.4) is 0 Å². The average Bonchev–Trinajstić information content (AvgIpc) is 3.12. The Balaban J connectivity index is 1.42. The van der Waals surface area contributed by atoms with Crippen molar-refractivity contribution in [2.75, 3.05) is 6.54 Å². The van der Waals surface area contributed by atoms with Gasteiger partial charge in [0, 0.05) is 18.0 Å². The van der Waals surface area contributed by atoms with Gasteiger partial charge in [-0.2, -0.15) is 0 Å². The Morgan fingerprint density at radius 3 is 2.63 bits per heavy atom. The number of rotatable bonds is 8. The summed E-state index contributed by atoms with van der Waals surface area (Å²) in [6.07, 6.45) is 4.18. The molecule has 1 amide bonds. The second kappa shape index (κ2) is 9.69. The highest BCUT2D eigenvalue weighted by Crippen LogP contribution is 2.16. The van der Waals surface area contributed by atoms with Crippen LogP contribution in [0.4, 0.5) is 0 Å². The van der Waals surface area contributed by atoms with E-state index in [2.05, 4.69) is 22.4 Å². The fourth-order valence-electron chi connectivity index (χ4n) is 2.51. The molecular formula is C22H22N2O2S. The zero-order valence-electron chi connectivity index (χ0n) is 15.2. The normalized spacial score (nSPS) is 10.9. The maximum atomic E-state index is 11.9. The number of hydrogen-bond donors (Lipinski definition) is 1. The van der Waals surface area contributed by atoms with Gasteiger partial charge in [-0.05, 0) is 42.7 Å². The summed E-state index contributed by atoms with van der Waals surface area (Å²) in [5.74, 6) is 0.690. The van der Waals surface area contributed by atoms with Crippen LogP contribution in [-0.2, 0) is 17.8 Å². The number of aryl methyl sites for hydroxylation is 1. The number of carbonyl (C=O) groups is 1. The third-order valence-corrected chi connectivity index (χ3v) is 4.74. The maximum absolute atomic E-state index is 11.9. The van der Waals surface area contributed by atoms with Gasteiger partial charge in [0.05, 0.1) is 10.7 Å². The number of nitrogens with one attached hydrogen (secondary N) is 1. The van der Waals surface area contributed by atoms with Gasteiger partial charge in [-0.1, -0.05) is 42.5 Å². The quantitative estimate of drug-likeness (QED) is 0.591. The Morgan fingerprint density at radius 2 is 1.93 bits per heavy atom. The molecule has 0 spiro atoms. The number of aromatic nitrogens is 1. The first-order valence-corrected chi connectivity index (χ1v) is 9.71. The average molecular weight is 378 g/mol. The van der Waals surface area contributed by atoms with Crippen LogP contribution in [0.25, 0.3) is 6.08 Å². The van der Waals surface area contributed by atoms with Crippen molar-refractivity contribution in [2.24, 2.45) is 0 Å². The van der Waals surface area contributed by atoms with Crippen LogP contribution in [0, 0.1) is 6.92 Å². The van der Waals surface area contributed by atoms with Gasteiger partial charge in [0.2, 0.25) is 5.91 Å². The third kappa shape index (κ3) is 6.38. The van der Waals surface area contributed by atoms with E-state index in [-0.39, 0.29) is 5.91 Å². The standard InChI is InChI=1S/C22H22N2O2S/c1-17-24-20(16-27-17)15-26-21-10-7-19(8-11-21)9-12-22(25)23-14-13-18-5-3-2-4-6-18/h2-12,16H,13-15H2,1H3,(H,23,25)/b12-9+. The molecule has 0 aliphatic rings. The molecule has 0 fully saturated rings. The largest absolute Gasteiger partial charge is 0.487 e. The summed E-state index contributed by atoms with van der Waals surface area (Å²) in [4.78, 5) is 16.3. The van der Waals surface area contributed by atoms with Crippen molar-refractivity contribution >= 4 is 23.3 Å². The predicted octanol–water partition coefficient (Wildman–Crippen LogP) is 4.40. The summed E-state index contributed by atoms with van der Waals surface area (Å²) >= 11 is 1.62. The van der Waals surface area contributed by atoms with Crippen LogP contribution >= 0.6 is 11.3 Å². The first-order chi connectivity index (χ1) is 13.2. The zero-order chi connectivity index (χ0) is 18.9. The molecule has 0 bridgehead atoms. The molecule has 1 heterocycles. The van der Waals surface area contributed by atoms with Gasteiger partial charge in [0.1, 0.15) is 12.4 Å². The first kappa shape index (κ1) is 18.9. The van der Waals surface area contributed by atoms with E-state index in [1.54, 1.807) is 23.5 Å². The second-order valence-corrected chi connectivity index (χ2v) is 7.14. The summed E-state index contributed by atoms with van der Waals surface area (Å²) in [5.41, 5.74) is 3.10. The molecule has 27 heavy (non-hydrogen) atoms. The SMILES string of the molecule is Cc1nc(COc2ccc(/C=C/C(=O)NCCc3ccccc3)cc2)cs1. The molecule has 0 atom stereocenters. The monoisotopic (exact) mass is 378 g/mol. The van der Waals surface area contributed by atoms with Gasteiger partial charge in [-0.3, -0.25) is 4.79 Å². The van der Waals surface area contributed by atoms with E-state index >= 15 is 0 Å². The maximum Gasteiger partial charge on any atom is 0.244 e. The lowest BCUT2D eigenvalue weighted by molar-refractivity contribution is -0.116. The van der Waals surface area contributed by atoms with Crippen molar-refractivity contribution in [1.29, 1.82) is 0 Å². The van der Waals surface area contributed by atoms with E-state index in [1.807, 2.05) is 54.8 Å². The van der Waals surface area contributed by atoms with Gasteiger partial charge in [-0.25, -0.2) is 4.98 Å². The third-order valence-electron chi connectivity index (χ3n) is 3.92. The molecule has 2 aromatic carbocycles. The predicted molar refractivity (Wildman–Crippen MR) is 110 cm³/mol. The molecule has 0 aliphatic carbocycles. The number of benzene rings is 2. The van der Waals surface area contributed by atoms with E-state index in [0.717, 1.165) is 28.4 Å². The van der Waals surface area contributed by atoms with Gasteiger partial charge in [-0.15, -0.1) is 11.3 Å². The Kier molecular flexibility index (Phi) is 6.77. The van der Waals surface area contributed by atoms with Crippen molar-refractivity contribution in [3.63, 3.8) is 0 Å². The Labute approximate surface area is 163 Å². The molecule has 1 aromatic heterocycles. The zero-order valence-corrected chi connectivity index (χ0v) is 16.0. The molecule has 5 heteroatoms. The van der Waals surface area contributed by atoms with E-state index in [4.69, 9.17) is 4.74 Å². The second-order valence-electron chi connectivity index (χ2n) is 6.08. The van der Waals surface area contributed by atoms with Crippen molar-refractivity contribution in [3.05, 3.63) is 87.9 Å². The highest BCUT2D eigenvalue weighted by Gasteiger charge is 2.00. The molecule has 1 N–H and O–H groups in total. The fourth-order valence-corrected chi connectivity index (χ4v) is 3.11. The summed E-state index contributed by atoms with van der Waals surface area (Å²) in [7, 11) is 0. The van der Waals surface area contributed by atoms with E-state index < -0.39 is 0 Å². The minimum atomic E-state index is -0.0924. The van der Waals surface area contributed by atoms with E-state index in [9.17, 15) is 4.79 Å². The highest BCUT2D eigenvalue weighted by molar-refractivity contribution is 7.09. The lowest BCUT2D eigenvalue weighted by Gasteiger charge is -2.04. The van der Waals surface area contributed by atoms with Crippen LogP contribution in [0.2, 0.25) is 0 Å². The minimum absolute atomic E-state index is 0.0924. The van der Waals surface area contributed by atoms with Crippen molar-refractivity contribution < 1.29 is 9.53 Å². The number of carbonyl (C=O) groups excluding carboxylic acids is 1. The van der Waals surface area contributed by atoms with E-state index in [1.165, 1.54) is 5.56 Å². The molecule has 0 saturated heterocycles. The van der Waals surface area contributed by atoms with Gasteiger partial charge < -0.3 is 10.1 Å². The molecular weight excluding hydrogens is 356 g/mol. The van der Waals surface area contributed by atoms with Crippen LogP contribution < -0.4 is 10.1 Å². The van der Waals surface area contributed by atoms with Crippen LogP contribution in [0.1, 0.15) is 21.8 Å². The molecule has 3 aromatic rings. The van der Waals surface area contributed by atoms with Crippen LogP contribution in [-0.4, -0.2) is 17.4 Å². The molecule has 0 aliphatic heterocycles. The van der Waals surface area contributed by atoms with Crippen molar-refractivity contribution in [2.45, 2.75) is 20.0 Å². The molecule has 0 unspecified atom stereocenters. The van der Waals surface area contributed by atoms with Crippen molar-refractivity contribution in [1.82, 2.24) is 10.3 Å². The number of thiazole rings is 1. The summed E-state index contributed by atoms with van der Waals surface area (Å²) in [6.45, 7) is 3.06. The summed E-state index contributed by atoms with van der Waals surface area (Å²) < 4.78 is 5.72. The number of amides is 1. The molecule has 0 saturated carbocycles. The lowest BCUT2D eigenvalue weighted by atomic mass is 10.1. The fraction of sp³-hybridized carbons (Fsp3) is 0.182. The van der Waals surface area contributed by atoms with Gasteiger partial charge in [0.25, 0.3) is 0 Å². The molecule has 3 rings (SSSR count).